The largest absolute Gasteiger partial charge is 0.394 e. The number of hydrogen-bond donors (Lipinski definition) is 2. The molecule has 4 heteroatoms. The maximum atomic E-state index is 13.1. The normalized spacial score (nSPS) is 13.0. The second kappa shape index (κ2) is 4.15. The molecule has 3 N–H and O–H groups in total. The highest BCUT2D eigenvalue weighted by molar-refractivity contribution is 14.1. The van der Waals surface area contributed by atoms with E-state index in [1.54, 1.807) is 12.1 Å². The Bertz CT molecular complexity index is 280. The van der Waals surface area contributed by atoms with Crippen LogP contribution in [0, 0.1) is 9.39 Å². The van der Waals surface area contributed by atoms with E-state index in [9.17, 15) is 4.39 Å². The molecule has 1 aromatic rings. The van der Waals surface area contributed by atoms with Crippen LogP contribution in [0.1, 0.15) is 11.6 Å². The second-order valence-electron chi connectivity index (χ2n) is 2.45. The molecule has 1 atom stereocenters. The van der Waals surface area contributed by atoms with E-state index in [4.69, 9.17) is 10.8 Å². The predicted molar refractivity (Wildman–Crippen MR) is 53.1 cm³/mol. The van der Waals surface area contributed by atoms with Crippen LogP contribution in [-0.4, -0.2) is 11.7 Å². The number of hydrogen-bond acceptors (Lipinski definition) is 2. The Morgan fingerprint density at radius 2 is 2.25 bits per heavy atom. The highest BCUT2D eigenvalue weighted by atomic mass is 127. The first-order valence-electron chi connectivity index (χ1n) is 3.46. The summed E-state index contributed by atoms with van der Waals surface area (Å²) in [5, 5.41) is 8.69. The average Bonchev–Trinajstić information content (AvgIpc) is 2.03. The smallest absolute Gasteiger partial charge is 0.129 e. The number of aliphatic hydroxyl groups is 1. The fourth-order valence-electron chi connectivity index (χ4n) is 0.901. The number of nitrogens with two attached hydrogens (primary N) is 1. The molecule has 0 fully saturated rings. The van der Waals surface area contributed by atoms with Crippen LogP contribution in [0.4, 0.5) is 4.39 Å². The summed E-state index contributed by atoms with van der Waals surface area (Å²) in [6.45, 7) is -0.239. The van der Waals surface area contributed by atoms with Gasteiger partial charge in [0.1, 0.15) is 5.82 Å². The average molecular weight is 281 g/mol. The summed E-state index contributed by atoms with van der Waals surface area (Å²) < 4.78 is 13.9. The van der Waals surface area contributed by atoms with Gasteiger partial charge in [0.05, 0.1) is 12.6 Å². The molecule has 0 bridgehead atoms. The summed E-state index contributed by atoms with van der Waals surface area (Å²) in [5.74, 6) is -0.358. The summed E-state index contributed by atoms with van der Waals surface area (Å²) >= 11 is 2.01. The van der Waals surface area contributed by atoms with Gasteiger partial charge >= 0.3 is 0 Å². The maximum Gasteiger partial charge on any atom is 0.129 e. The van der Waals surface area contributed by atoms with Gasteiger partial charge in [0.2, 0.25) is 0 Å². The molecule has 0 unspecified atom stereocenters. The highest BCUT2D eigenvalue weighted by Crippen LogP contribution is 2.17. The Balaban J connectivity index is 3.01. The minimum atomic E-state index is -0.623. The lowest BCUT2D eigenvalue weighted by Gasteiger charge is -2.09. The molecule has 0 aromatic heterocycles. The van der Waals surface area contributed by atoms with E-state index in [2.05, 4.69) is 0 Å². The first kappa shape index (κ1) is 9.88. The van der Waals surface area contributed by atoms with E-state index in [1.165, 1.54) is 6.07 Å². The van der Waals surface area contributed by atoms with E-state index >= 15 is 0 Å². The van der Waals surface area contributed by atoms with Crippen LogP contribution in [-0.2, 0) is 0 Å². The fraction of sp³-hybridized carbons (Fsp3) is 0.250. The molecule has 0 radical (unpaired) electrons. The first-order chi connectivity index (χ1) is 5.65. The molecule has 66 valence electrons. The first-order valence-corrected chi connectivity index (χ1v) is 4.54. The minimum Gasteiger partial charge on any atom is -0.394 e. The van der Waals surface area contributed by atoms with E-state index in [0.29, 0.717) is 5.56 Å². The molecule has 0 spiro atoms. The molecule has 0 heterocycles. The van der Waals surface area contributed by atoms with Crippen LogP contribution in [0.25, 0.3) is 0 Å². The van der Waals surface area contributed by atoms with Crippen LogP contribution < -0.4 is 5.73 Å². The third-order valence-corrected chi connectivity index (χ3v) is 2.23. The fourth-order valence-corrected chi connectivity index (χ4v) is 1.35. The standard InChI is InChI=1S/C8H9FINO/c9-7-3-5(10)1-2-6(7)8(11)4-12/h1-3,8,12H,4,11H2/t8-/m0/s1. The van der Waals surface area contributed by atoms with E-state index < -0.39 is 6.04 Å². The minimum absolute atomic E-state index is 0.239. The highest BCUT2D eigenvalue weighted by Gasteiger charge is 2.09. The number of rotatable bonds is 2. The molecular formula is C8H9FINO. The van der Waals surface area contributed by atoms with Gasteiger partial charge in [-0.3, -0.25) is 0 Å². The summed E-state index contributed by atoms with van der Waals surface area (Å²) in [6, 6.07) is 4.12. The Morgan fingerprint density at radius 1 is 1.58 bits per heavy atom. The third kappa shape index (κ3) is 2.15. The second-order valence-corrected chi connectivity index (χ2v) is 3.70. The van der Waals surface area contributed by atoms with Crippen molar-refractivity contribution >= 4 is 22.6 Å². The van der Waals surface area contributed by atoms with Crippen LogP contribution in [0.5, 0.6) is 0 Å². The van der Waals surface area contributed by atoms with Gasteiger partial charge in [-0.05, 0) is 34.7 Å². The maximum absolute atomic E-state index is 13.1. The zero-order valence-corrected chi connectivity index (χ0v) is 8.45. The topological polar surface area (TPSA) is 46.2 Å². The lowest BCUT2D eigenvalue weighted by Crippen LogP contribution is -2.16. The van der Waals surface area contributed by atoms with Crippen molar-refractivity contribution in [3.8, 4) is 0 Å². The van der Waals surface area contributed by atoms with Crippen molar-refractivity contribution in [2.24, 2.45) is 5.73 Å². The van der Waals surface area contributed by atoms with Gasteiger partial charge in [0, 0.05) is 9.13 Å². The van der Waals surface area contributed by atoms with Crippen LogP contribution in [0.2, 0.25) is 0 Å². The summed E-state index contributed by atoms with van der Waals surface area (Å²) in [6.07, 6.45) is 0. The molecule has 0 aliphatic heterocycles. The van der Waals surface area contributed by atoms with Gasteiger partial charge in [-0.1, -0.05) is 6.07 Å². The van der Waals surface area contributed by atoms with Crippen molar-refractivity contribution in [1.82, 2.24) is 0 Å². The van der Waals surface area contributed by atoms with Gasteiger partial charge in [-0.15, -0.1) is 0 Å². The third-order valence-electron chi connectivity index (χ3n) is 1.56. The van der Waals surface area contributed by atoms with Crippen LogP contribution in [0.15, 0.2) is 18.2 Å². The molecular weight excluding hydrogens is 272 g/mol. The Kier molecular flexibility index (Phi) is 3.42. The number of halogens is 2. The summed E-state index contributed by atoms with van der Waals surface area (Å²) in [5.41, 5.74) is 5.81. The van der Waals surface area contributed by atoms with Gasteiger partial charge in [0.15, 0.2) is 0 Å². The van der Waals surface area contributed by atoms with Gasteiger partial charge < -0.3 is 10.8 Å². The molecule has 1 aromatic carbocycles. The Morgan fingerprint density at radius 3 is 2.75 bits per heavy atom. The lowest BCUT2D eigenvalue weighted by atomic mass is 10.1. The van der Waals surface area contributed by atoms with Crippen molar-refractivity contribution in [2.75, 3.05) is 6.61 Å². The molecule has 12 heavy (non-hydrogen) atoms. The van der Waals surface area contributed by atoms with E-state index in [0.717, 1.165) is 3.57 Å². The Hall–Kier alpha value is -0.200. The quantitative estimate of drug-likeness (QED) is 0.805. The van der Waals surface area contributed by atoms with Gasteiger partial charge in [-0.2, -0.15) is 0 Å². The zero-order valence-electron chi connectivity index (χ0n) is 6.30. The SMILES string of the molecule is N[C@@H](CO)c1ccc(I)cc1F. The van der Waals surface area contributed by atoms with Crippen LogP contribution in [0.3, 0.4) is 0 Å². The Labute approximate surface area is 83.7 Å². The number of benzene rings is 1. The van der Waals surface area contributed by atoms with Crippen molar-refractivity contribution in [2.45, 2.75) is 6.04 Å². The van der Waals surface area contributed by atoms with E-state index in [1.807, 2.05) is 22.6 Å². The zero-order chi connectivity index (χ0) is 9.14. The summed E-state index contributed by atoms with van der Waals surface area (Å²) in [4.78, 5) is 0. The monoisotopic (exact) mass is 281 g/mol. The molecule has 0 saturated carbocycles. The van der Waals surface area contributed by atoms with E-state index in [-0.39, 0.29) is 12.4 Å². The van der Waals surface area contributed by atoms with Crippen LogP contribution >= 0.6 is 22.6 Å². The molecule has 1 rings (SSSR count). The predicted octanol–water partition coefficient (Wildman–Crippen LogP) is 1.42. The lowest BCUT2D eigenvalue weighted by molar-refractivity contribution is 0.265. The van der Waals surface area contributed by atoms with Gasteiger partial charge in [0.25, 0.3) is 0 Å². The molecule has 0 amide bonds. The molecule has 0 aliphatic rings. The summed E-state index contributed by atoms with van der Waals surface area (Å²) in [7, 11) is 0. The van der Waals surface area contributed by atoms with Crippen molar-refractivity contribution in [3.05, 3.63) is 33.1 Å². The van der Waals surface area contributed by atoms with Crippen molar-refractivity contribution in [3.63, 3.8) is 0 Å². The molecule has 2 nitrogen and oxygen atoms in total. The number of aliphatic hydroxyl groups excluding tert-OH is 1. The van der Waals surface area contributed by atoms with Crippen molar-refractivity contribution < 1.29 is 9.50 Å². The molecule has 0 aliphatic carbocycles. The molecule has 0 saturated heterocycles. The van der Waals surface area contributed by atoms with Gasteiger partial charge in [-0.25, -0.2) is 4.39 Å². The van der Waals surface area contributed by atoms with Crippen molar-refractivity contribution in [1.29, 1.82) is 0 Å².